The molecular formula is C13H12O4. The third kappa shape index (κ3) is 2.43. The van der Waals surface area contributed by atoms with Crippen LogP contribution in [0.5, 0.6) is 0 Å². The second-order valence-electron chi connectivity index (χ2n) is 3.65. The van der Waals surface area contributed by atoms with Gasteiger partial charge in [0.1, 0.15) is 6.10 Å². The molecule has 4 nitrogen and oxygen atoms in total. The molecule has 17 heavy (non-hydrogen) atoms. The fourth-order valence-corrected chi connectivity index (χ4v) is 1.57. The first-order valence-electron chi connectivity index (χ1n) is 5.18. The summed E-state index contributed by atoms with van der Waals surface area (Å²) in [4.78, 5) is 11.8. The molecule has 1 atom stereocenters. The fourth-order valence-electron chi connectivity index (χ4n) is 1.57. The molecule has 2 aromatic rings. The predicted molar refractivity (Wildman–Crippen MR) is 60.4 cm³/mol. The lowest BCUT2D eigenvalue weighted by molar-refractivity contribution is 0.0717. The molecule has 0 saturated carbocycles. The van der Waals surface area contributed by atoms with Gasteiger partial charge in [-0.2, -0.15) is 0 Å². The van der Waals surface area contributed by atoms with E-state index in [2.05, 4.69) is 0 Å². The molecule has 0 aliphatic rings. The molecule has 4 heteroatoms. The molecule has 88 valence electrons. The first-order chi connectivity index (χ1) is 8.22. The highest BCUT2D eigenvalue weighted by molar-refractivity contribution is 5.97. The predicted octanol–water partition coefficient (Wildman–Crippen LogP) is 1.69. The van der Waals surface area contributed by atoms with E-state index in [4.69, 9.17) is 9.52 Å². The number of furan rings is 1. The number of aliphatic hydroxyl groups excluding tert-OH is 2. The van der Waals surface area contributed by atoms with E-state index in [0.717, 1.165) is 0 Å². The molecule has 0 aliphatic heterocycles. The van der Waals surface area contributed by atoms with Gasteiger partial charge in [0.15, 0.2) is 5.76 Å². The molecule has 0 radical (unpaired) electrons. The van der Waals surface area contributed by atoms with Gasteiger partial charge in [0.2, 0.25) is 5.78 Å². The van der Waals surface area contributed by atoms with Gasteiger partial charge < -0.3 is 14.6 Å². The van der Waals surface area contributed by atoms with Gasteiger partial charge in [-0.05, 0) is 23.3 Å². The van der Waals surface area contributed by atoms with Crippen LogP contribution in [-0.2, 0) is 6.61 Å². The van der Waals surface area contributed by atoms with Crippen LogP contribution in [0.3, 0.4) is 0 Å². The summed E-state index contributed by atoms with van der Waals surface area (Å²) in [7, 11) is 0. The summed E-state index contributed by atoms with van der Waals surface area (Å²) in [5, 5.41) is 18.9. The molecule has 1 unspecified atom stereocenters. The van der Waals surface area contributed by atoms with Crippen molar-refractivity contribution in [2.45, 2.75) is 12.7 Å². The Kier molecular flexibility index (Phi) is 3.37. The van der Waals surface area contributed by atoms with Crippen molar-refractivity contribution in [2.24, 2.45) is 0 Å². The lowest BCUT2D eigenvalue weighted by Gasteiger charge is -2.09. The Bertz CT molecular complexity index is 502. The molecular weight excluding hydrogens is 220 g/mol. The first-order valence-corrected chi connectivity index (χ1v) is 5.18. The summed E-state index contributed by atoms with van der Waals surface area (Å²) in [6.07, 6.45) is 0.108. The average Bonchev–Trinajstić information content (AvgIpc) is 2.91. The summed E-state index contributed by atoms with van der Waals surface area (Å²) < 4.78 is 4.94. The third-order valence-electron chi connectivity index (χ3n) is 2.46. The molecule has 1 aromatic carbocycles. The zero-order chi connectivity index (χ0) is 12.3. The first kappa shape index (κ1) is 11.6. The number of rotatable bonds is 4. The quantitative estimate of drug-likeness (QED) is 0.787. The van der Waals surface area contributed by atoms with E-state index in [1.54, 1.807) is 30.3 Å². The molecule has 2 rings (SSSR count). The maximum atomic E-state index is 11.8. The largest absolute Gasteiger partial charge is 0.461 e. The number of hydrogen-bond acceptors (Lipinski definition) is 4. The van der Waals surface area contributed by atoms with E-state index in [1.165, 1.54) is 12.3 Å². The van der Waals surface area contributed by atoms with Crippen LogP contribution < -0.4 is 0 Å². The Balaban J connectivity index is 2.24. The Hall–Kier alpha value is -1.91. The van der Waals surface area contributed by atoms with Gasteiger partial charge in [0, 0.05) is 0 Å². The molecule has 0 aliphatic carbocycles. The van der Waals surface area contributed by atoms with Crippen LogP contribution in [0.1, 0.15) is 27.8 Å². The molecule has 2 N–H and O–H groups in total. The Morgan fingerprint density at radius 1 is 1.29 bits per heavy atom. The number of carbonyl (C=O) groups is 1. The van der Waals surface area contributed by atoms with Crippen LogP contribution in [0.2, 0.25) is 0 Å². The number of carbonyl (C=O) groups excluding carboxylic acids is 1. The minimum atomic E-state index is -1.27. The van der Waals surface area contributed by atoms with Crippen LogP contribution >= 0.6 is 0 Å². The highest BCUT2D eigenvalue weighted by atomic mass is 16.3. The normalized spacial score (nSPS) is 12.4. The van der Waals surface area contributed by atoms with Crippen molar-refractivity contribution in [3.63, 3.8) is 0 Å². The summed E-state index contributed by atoms with van der Waals surface area (Å²) in [5.41, 5.74) is 1.09. The van der Waals surface area contributed by atoms with Crippen molar-refractivity contribution in [1.82, 2.24) is 0 Å². The van der Waals surface area contributed by atoms with Crippen LogP contribution in [0.15, 0.2) is 47.1 Å². The Morgan fingerprint density at radius 2 is 2.12 bits per heavy atom. The minimum absolute atomic E-state index is 0.118. The number of Topliss-reactive ketones (excluding diaryl/α,β-unsaturated/α-hetero) is 1. The van der Waals surface area contributed by atoms with Crippen molar-refractivity contribution in [3.8, 4) is 0 Å². The van der Waals surface area contributed by atoms with Gasteiger partial charge in [-0.3, -0.25) is 4.79 Å². The maximum Gasteiger partial charge on any atom is 0.230 e. The smallest absolute Gasteiger partial charge is 0.230 e. The zero-order valence-electron chi connectivity index (χ0n) is 9.04. The average molecular weight is 232 g/mol. The number of ketones is 1. The van der Waals surface area contributed by atoms with E-state index in [1.807, 2.05) is 0 Å². The van der Waals surface area contributed by atoms with Crippen LogP contribution in [0.25, 0.3) is 0 Å². The topological polar surface area (TPSA) is 70.7 Å². The molecule has 1 aromatic heterocycles. The van der Waals surface area contributed by atoms with Crippen LogP contribution in [-0.4, -0.2) is 16.0 Å². The number of aliphatic hydroxyl groups is 2. The molecule has 0 bridgehead atoms. The van der Waals surface area contributed by atoms with Gasteiger partial charge in [0.05, 0.1) is 12.9 Å². The second-order valence-corrected chi connectivity index (χ2v) is 3.65. The van der Waals surface area contributed by atoms with Crippen molar-refractivity contribution < 1.29 is 19.4 Å². The van der Waals surface area contributed by atoms with Crippen molar-refractivity contribution >= 4 is 5.78 Å². The van der Waals surface area contributed by atoms with E-state index in [0.29, 0.717) is 11.1 Å². The summed E-state index contributed by atoms with van der Waals surface area (Å²) >= 11 is 0. The molecule has 0 spiro atoms. The van der Waals surface area contributed by atoms with Crippen LogP contribution in [0, 0.1) is 0 Å². The van der Waals surface area contributed by atoms with Crippen molar-refractivity contribution in [3.05, 3.63) is 59.5 Å². The third-order valence-corrected chi connectivity index (χ3v) is 2.46. The monoisotopic (exact) mass is 232 g/mol. The molecule has 0 amide bonds. The molecule has 0 saturated heterocycles. The van der Waals surface area contributed by atoms with Gasteiger partial charge in [0.25, 0.3) is 0 Å². The van der Waals surface area contributed by atoms with E-state index >= 15 is 0 Å². The summed E-state index contributed by atoms with van der Waals surface area (Å²) in [6.45, 7) is -0.129. The SMILES string of the molecule is O=C(c1ccco1)C(O)c1cccc(CO)c1. The zero-order valence-corrected chi connectivity index (χ0v) is 9.04. The van der Waals surface area contributed by atoms with Gasteiger partial charge in [-0.1, -0.05) is 24.3 Å². The van der Waals surface area contributed by atoms with Gasteiger partial charge >= 0.3 is 0 Å². The lowest BCUT2D eigenvalue weighted by Crippen LogP contribution is -2.11. The standard InChI is InChI=1S/C13H12O4/c14-8-9-3-1-4-10(7-9)12(15)13(16)11-5-2-6-17-11/h1-7,12,14-15H,8H2. The maximum absolute atomic E-state index is 11.8. The fraction of sp³-hybridized carbons (Fsp3) is 0.154. The van der Waals surface area contributed by atoms with Crippen LogP contribution in [0.4, 0.5) is 0 Å². The number of hydrogen-bond donors (Lipinski definition) is 2. The van der Waals surface area contributed by atoms with E-state index < -0.39 is 11.9 Å². The Labute approximate surface area is 98.1 Å². The highest BCUT2D eigenvalue weighted by Crippen LogP contribution is 2.19. The highest BCUT2D eigenvalue weighted by Gasteiger charge is 2.21. The minimum Gasteiger partial charge on any atom is -0.461 e. The molecule has 1 heterocycles. The summed E-state index contributed by atoms with van der Waals surface area (Å²) in [6, 6.07) is 9.70. The van der Waals surface area contributed by atoms with Gasteiger partial charge in [-0.15, -0.1) is 0 Å². The lowest BCUT2D eigenvalue weighted by atomic mass is 10.0. The van der Waals surface area contributed by atoms with Gasteiger partial charge in [-0.25, -0.2) is 0 Å². The van der Waals surface area contributed by atoms with E-state index in [-0.39, 0.29) is 12.4 Å². The van der Waals surface area contributed by atoms with E-state index in [9.17, 15) is 9.90 Å². The van der Waals surface area contributed by atoms with Crippen molar-refractivity contribution in [2.75, 3.05) is 0 Å². The van der Waals surface area contributed by atoms with Crippen molar-refractivity contribution in [1.29, 1.82) is 0 Å². The number of benzene rings is 1. The molecule has 0 fully saturated rings. The summed E-state index contributed by atoms with van der Waals surface area (Å²) in [5.74, 6) is -0.378. The Morgan fingerprint density at radius 3 is 2.76 bits per heavy atom. The second kappa shape index (κ2) is 4.95.